The molecule has 0 spiro atoms. The number of amides is 1. The van der Waals surface area contributed by atoms with Crippen molar-refractivity contribution >= 4 is 28.2 Å². The maximum absolute atomic E-state index is 12.6. The first-order valence-corrected chi connectivity index (χ1v) is 8.00. The van der Waals surface area contributed by atoms with Gasteiger partial charge in [0, 0.05) is 32.7 Å². The molecule has 0 atom stereocenters. The molecule has 0 radical (unpaired) electrons. The standard InChI is InChI=1S/C13H23N5OS/c1-3-17(4-2)13-16-11(14)10(20-13)12(19)18-8-5-6-15-7-9-18/h15H,3-9,14H2,1-2H3. The van der Waals surface area contributed by atoms with Gasteiger partial charge >= 0.3 is 0 Å². The highest BCUT2D eigenvalue weighted by atomic mass is 32.1. The van der Waals surface area contributed by atoms with E-state index in [0.29, 0.717) is 10.7 Å². The van der Waals surface area contributed by atoms with Crippen LogP contribution in [-0.4, -0.2) is 55.1 Å². The first kappa shape index (κ1) is 15.1. The molecule has 0 saturated carbocycles. The molecule has 1 fully saturated rings. The molecule has 2 heterocycles. The van der Waals surface area contributed by atoms with Crippen molar-refractivity contribution in [2.75, 3.05) is 49.9 Å². The highest BCUT2D eigenvalue weighted by Gasteiger charge is 2.23. The summed E-state index contributed by atoms with van der Waals surface area (Å²) >= 11 is 1.40. The predicted octanol–water partition coefficient (Wildman–Crippen LogP) is 1.01. The number of nitrogen functional groups attached to an aromatic ring is 1. The van der Waals surface area contributed by atoms with E-state index in [4.69, 9.17) is 5.73 Å². The van der Waals surface area contributed by atoms with Crippen LogP contribution in [0, 0.1) is 0 Å². The third-order valence-corrected chi connectivity index (χ3v) is 4.62. The number of anilines is 2. The summed E-state index contributed by atoms with van der Waals surface area (Å²) in [7, 11) is 0. The van der Waals surface area contributed by atoms with Crippen LogP contribution < -0.4 is 16.0 Å². The normalized spacial score (nSPS) is 16.0. The highest BCUT2D eigenvalue weighted by Crippen LogP contribution is 2.29. The van der Waals surface area contributed by atoms with Crippen LogP contribution in [-0.2, 0) is 0 Å². The molecule has 1 aromatic heterocycles. The van der Waals surface area contributed by atoms with Crippen molar-refractivity contribution in [2.45, 2.75) is 20.3 Å². The fourth-order valence-corrected chi connectivity index (χ4v) is 3.38. The third-order valence-electron chi connectivity index (χ3n) is 3.50. The number of aromatic nitrogens is 1. The molecule has 1 saturated heterocycles. The minimum atomic E-state index is 0.0158. The Morgan fingerprint density at radius 2 is 2.15 bits per heavy atom. The molecule has 112 valence electrons. The Morgan fingerprint density at radius 3 is 2.85 bits per heavy atom. The van der Waals surface area contributed by atoms with Crippen molar-refractivity contribution in [1.29, 1.82) is 0 Å². The number of hydrogen-bond acceptors (Lipinski definition) is 6. The Hall–Kier alpha value is -1.34. The largest absolute Gasteiger partial charge is 0.382 e. The fourth-order valence-electron chi connectivity index (χ4n) is 2.30. The monoisotopic (exact) mass is 297 g/mol. The van der Waals surface area contributed by atoms with E-state index in [-0.39, 0.29) is 5.91 Å². The molecule has 1 amide bonds. The number of nitrogens with two attached hydrogens (primary N) is 1. The van der Waals surface area contributed by atoms with Gasteiger partial charge in [-0.15, -0.1) is 0 Å². The smallest absolute Gasteiger partial charge is 0.267 e. The van der Waals surface area contributed by atoms with Gasteiger partial charge in [0.15, 0.2) is 5.13 Å². The van der Waals surface area contributed by atoms with Crippen LogP contribution >= 0.6 is 11.3 Å². The van der Waals surface area contributed by atoms with E-state index in [9.17, 15) is 4.79 Å². The lowest BCUT2D eigenvalue weighted by atomic mass is 10.3. The summed E-state index contributed by atoms with van der Waals surface area (Å²) in [6.45, 7) is 9.20. The summed E-state index contributed by atoms with van der Waals surface area (Å²) in [5, 5.41) is 4.13. The van der Waals surface area contributed by atoms with Gasteiger partial charge < -0.3 is 20.9 Å². The van der Waals surface area contributed by atoms with E-state index < -0.39 is 0 Å². The third kappa shape index (κ3) is 3.21. The number of carbonyl (C=O) groups is 1. The van der Waals surface area contributed by atoms with Crippen molar-refractivity contribution in [3.8, 4) is 0 Å². The number of thiazole rings is 1. The van der Waals surface area contributed by atoms with Crippen LogP contribution in [0.3, 0.4) is 0 Å². The average molecular weight is 297 g/mol. The molecule has 1 aliphatic rings. The molecule has 3 N–H and O–H groups in total. The quantitative estimate of drug-likeness (QED) is 0.867. The van der Waals surface area contributed by atoms with Gasteiger partial charge in [-0.1, -0.05) is 11.3 Å². The minimum absolute atomic E-state index is 0.0158. The van der Waals surface area contributed by atoms with E-state index in [1.54, 1.807) is 0 Å². The molecule has 6 nitrogen and oxygen atoms in total. The van der Waals surface area contributed by atoms with Crippen molar-refractivity contribution in [3.63, 3.8) is 0 Å². The van der Waals surface area contributed by atoms with E-state index >= 15 is 0 Å². The number of carbonyl (C=O) groups excluding carboxylic acids is 1. The molecule has 0 unspecified atom stereocenters. The zero-order valence-corrected chi connectivity index (χ0v) is 13.0. The Bertz CT molecular complexity index is 450. The van der Waals surface area contributed by atoms with Gasteiger partial charge in [-0.3, -0.25) is 4.79 Å². The topological polar surface area (TPSA) is 74.5 Å². The Balaban J connectivity index is 2.16. The molecule has 1 aliphatic heterocycles. The number of rotatable bonds is 4. The van der Waals surface area contributed by atoms with Gasteiger partial charge in [-0.25, -0.2) is 4.98 Å². The van der Waals surface area contributed by atoms with Gasteiger partial charge in [0.05, 0.1) is 0 Å². The second-order valence-corrected chi connectivity index (χ2v) is 5.76. The van der Waals surface area contributed by atoms with Crippen LogP contribution in [0.25, 0.3) is 0 Å². The molecule has 20 heavy (non-hydrogen) atoms. The SMILES string of the molecule is CCN(CC)c1nc(N)c(C(=O)N2CCCNCC2)s1. The molecular weight excluding hydrogens is 274 g/mol. The zero-order chi connectivity index (χ0) is 14.5. The summed E-state index contributed by atoms with van der Waals surface area (Å²) in [6, 6.07) is 0. The van der Waals surface area contributed by atoms with Crippen LogP contribution in [0.1, 0.15) is 29.9 Å². The fraction of sp³-hybridized carbons (Fsp3) is 0.692. The van der Waals surface area contributed by atoms with Gasteiger partial charge in [-0.2, -0.15) is 0 Å². The first-order valence-electron chi connectivity index (χ1n) is 7.18. The van der Waals surface area contributed by atoms with Crippen molar-refractivity contribution in [1.82, 2.24) is 15.2 Å². The van der Waals surface area contributed by atoms with E-state index in [1.165, 1.54) is 11.3 Å². The second-order valence-electron chi connectivity index (χ2n) is 4.78. The van der Waals surface area contributed by atoms with Crippen LogP contribution in [0.2, 0.25) is 0 Å². The van der Waals surface area contributed by atoms with Crippen molar-refractivity contribution in [2.24, 2.45) is 0 Å². The van der Waals surface area contributed by atoms with E-state index in [0.717, 1.165) is 50.8 Å². The number of nitrogens with one attached hydrogen (secondary N) is 1. The number of nitrogens with zero attached hydrogens (tertiary/aromatic N) is 3. The first-order chi connectivity index (χ1) is 9.67. The maximum atomic E-state index is 12.6. The van der Waals surface area contributed by atoms with Crippen LogP contribution in [0.4, 0.5) is 10.9 Å². The van der Waals surface area contributed by atoms with Crippen molar-refractivity contribution < 1.29 is 4.79 Å². The molecule has 2 rings (SSSR count). The van der Waals surface area contributed by atoms with Gasteiger partial charge in [-0.05, 0) is 26.8 Å². The lowest BCUT2D eigenvalue weighted by Gasteiger charge is -2.19. The summed E-state index contributed by atoms with van der Waals surface area (Å²) in [6.07, 6.45) is 0.980. The summed E-state index contributed by atoms with van der Waals surface area (Å²) in [5.74, 6) is 0.376. The highest BCUT2D eigenvalue weighted by molar-refractivity contribution is 7.18. The molecule has 0 bridgehead atoms. The molecule has 1 aromatic rings. The zero-order valence-electron chi connectivity index (χ0n) is 12.2. The lowest BCUT2D eigenvalue weighted by molar-refractivity contribution is 0.0772. The van der Waals surface area contributed by atoms with E-state index in [1.807, 2.05) is 4.90 Å². The molecular formula is C13H23N5OS. The maximum Gasteiger partial charge on any atom is 0.267 e. The summed E-state index contributed by atoms with van der Waals surface area (Å²) in [4.78, 5) is 21.5. The van der Waals surface area contributed by atoms with Crippen molar-refractivity contribution in [3.05, 3.63) is 4.88 Å². The molecule has 7 heteroatoms. The molecule has 0 aliphatic carbocycles. The minimum Gasteiger partial charge on any atom is -0.382 e. The van der Waals surface area contributed by atoms with Gasteiger partial charge in [0.2, 0.25) is 0 Å². The Labute approximate surface area is 124 Å². The number of hydrogen-bond donors (Lipinski definition) is 2. The molecule has 0 aromatic carbocycles. The van der Waals surface area contributed by atoms with Crippen LogP contribution in [0.5, 0.6) is 0 Å². The predicted molar refractivity (Wildman–Crippen MR) is 83.5 cm³/mol. The summed E-state index contributed by atoms with van der Waals surface area (Å²) in [5.41, 5.74) is 5.94. The second kappa shape index (κ2) is 6.90. The average Bonchev–Trinajstić information content (AvgIpc) is 2.68. The summed E-state index contributed by atoms with van der Waals surface area (Å²) < 4.78 is 0. The van der Waals surface area contributed by atoms with Gasteiger partial charge in [0.25, 0.3) is 5.91 Å². The Morgan fingerprint density at radius 1 is 1.40 bits per heavy atom. The van der Waals surface area contributed by atoms with Crippen LogP contribution in [0.15, 0.2) is 0 Å². The lowest BCUT2D eigenvalue weighted by Crippen LogP contribution is -2.34. The van der Waals surface area contributed by atoms with E-state index in [2.05, 4.69) is 29.0 Å². The Kier molecular flexibility index (Phi) is 5.19. The van der Waals surface area contributed by atoms with Gasteiger partial charge in [0.1, 0.15) is 10.7 Å².